The minimum atomic E-state index is -1.68. The number of rotatable bonds is 5. The summed E-state index contributed by atoms with van der Waals surface area (Å²) < 4.78 is 5.97. The van der Waals surface area contributed by atoms with Crippen molar-refractivity contribution in [3.05, 3.63) is 59.3 Å². The summed E-state index contributed by atoms with van der Waals surface area (Å²) in [4.78, 5) is 0. The molecule has 1 aromatic carbocycles. The molecule has 20 heavy (non-hydrogen) atoms. The Morgan fingerprint density at radius 2 is 2.05 bits per heavy atom. The lowest BCUT2D eigenvalue weighted by atomic mass is 10.2. The zero-order chi connectivity index (χ0) is 14.8. The van der Waals surface area contributed by atoms with Gasteiger partial charge in [-0.05, 0) is 31.0 Å². The van der Waals surface area contributed by atoms with Gasteiger partial charge in [0.2, 0.25) is 0 Å². The maximum atomic E-state index is 5.97. The molecule has 0 saturated heterocycles. The van der Waals surface area contributed by atoms with Crippen molar-refractivity contribution < 1.29 is 4.74 Å². The molecule has 0 spiro atoms. The molecule has 1 aliphatic carbocycles. The molecule has 0 amide bonds. The molecule has 0 bridgehead atoms. The fraction of sp³-hybridized carbons (Fsp3) is 0.333. The van der Waals surface area contributed by atoms with Crippen LogP contribution >= 0.6 is 0 Å². The second-order valence-electron chi connectivity index (χ2n) is 5.94. The van der Waals surface area contributed by atoms with Gasteiger partial charge in [-0.25, -0.2) is 0 Å². The van der Waals surface area contributed by atoms with E-state index in [1.54, 1.807) is 5.20 Å². The van der Waals surface area contributed by atoms with Crippen LogP contribution in [0.1, 0.15) is 18.9 Å². The van der Waals surface area contributed by atoms with Gasteiger partial charge in [-0.3, -0.25) is 0 Å². The van der Waals surface area contributed by atoms with Crippen LogP contribution in [0.4, 0.5) is 0 Å². The fourth-order valence-corrected chi connectivity index (χ4v) is 6.38. The highest BCUT2D eigenvalue weighted by Crippen LogP contribution is 2.31. The zero-order valence-corrected chi connectivity index (χ0v) is 14.0. The smallest absolute Gasteiger partial charge is 0.122 e. The van der Waals surface area contributed by atoms with E-state index < -0.39 is 8.07 Å². The summed E-state index contributed by atoms with van der Waals surface area (Å²) in [6.45, 7) is 13.5. The van der Waals surface area contributed by atoms with E-state index in [0.717, 1.165) is 12.2 Å². The highest BCUT2D eigenvalue weighted by atomic mass is 28.3. The Hall–Kier alpha value is -1.54. The van der Waals surface area contributed by atoms with Gasteiger partial charge >= 0.3 is 0 Å². The topological polar surface area (TPSA) is 9.23 Å². The molecule has 2 heteroatoms. The highest BCUT2D eigenvalue weighted by Gasteiger charge is 2.33. The Bertz CT molecular complexity index is 579. The summed E-state index contributed by atoms with van der Waals surface area (Å²) in [6, 6.07) is 6.52. The molecule has 0 aliphatic heterocycles. The third-order valence-electron chi connectivity index (χ3n) is 4.15. The molecule has 0 N–H and O–H groups in total. The number of allylic oxidation sites excluding steroid dienone is 4. The van der Waals surface area contributed by atoms with E-state index in [1.807, 2.05) is 6.08 Å². The van der Waals surface area contributed by atoms with Crippen LogP contribution in [0.25, 0.3) is 0 Å². The molecule has 1 nitrogen and oxygen atoms in total. The third-order valence-corrected chi connectivity index (χ3v) is 8.00. The quantitative estimate of drug-likeness (QED) is 0.579. The van der Waals surface area contributed by atoms with Crippen molar-refractivity contribution in [3.63, 3.8) is 0 Å². The summed E-state index contributed by atoms with van der Waals surface area (Å²) in [5, 5.41) is 3.02. The summed E-state index contributed by atoms with van der Waals surface area (Å²) in [5.74, 6) is 1.07. The molecule has 0 atom stereocenters. The van der Waals surface area contributed by atoms with Crippen LogP contribution in [0.15, 0.2) is 53.8 Å². The van der Waals surface area contributed by atoms with Crippen LogP contribution < -0.4 is 9.92 Å². The van der Waals surface area contributed by atoms with Gasteiger partial charge in [-0.2, -0.15) is 0 Å². The van der Waals surface area contributed by atoms with Gasteiger partial charge in [0.25, 0.3) is 0 Å². The zero-order valence-electron chi connectivity index (χ0n) is 13.0. The second-order valence-corrected chi connectivity index (χ2v) is 10.3. The lowest BCUT2D eigenvalue weighted by Crippen LogP contribution is -2.45. The van der Waals surface area contributed by atoms with Crippen LogP contribution in [0.2, 0.25) is 13.1 Å². The van der Waals surface area contributed by atoms with Crippen LogP contribution in [0.5, 0.6) is 5.75 Å². The van der Waals surface area contributed by atoms with E-state index in [0.29, 0.717) is 6.61 Å². The molecule has 0 saturated carbocycles. The molecule has 0 unspecified atom stereocenters. The Kier molecular flexibility index (Phi) is 4.34. The first-order valence-electron chi connectivity index (χ1n) is 7.19. The Balaban J connectivity index is 2.48. The van der Waals surface area contributed by atoms with Crippen molar-refractivity contribution in [1.29, 1.82) is 0 Å². The number of hydrogen-bond acceptors (Lipinski definition) is 1. The van der Waals surface area contributed by atoms with Crippen LogP contribution in [-0.2, 0) is 0 Å². The molecule has 2 rings (SSSR count). The maximum absolute atomic E-state index is 5.97. The molecule has 106 valence electrons. The lowest BCUT2D eigenvalue weighted by molar-refractivity contribution is 0.363. The van der Waals surface area contributed by atoms with Gasteiger partial charge in [0, 0.05) is 0 Å². The third kappa shape index (κ3) is 2.66. The molecule has 1 aromatic rings. The predicted molar refractivity (Wildman–Crippen MR) is 90.4 cm³/mol. The first kappa shape index (κ1) is 14.9. The van der Waals surface area contributed by atoms with Gasteiger partial charge < -0.3 is 4.74 Å². The standard InChI is InChI=1S/C18H24OSi/c1-6-13-19-18-15(3)10-8-12-17(18)20(4,5)16-11-7-9-14(16)2/h6-10,12H,1,11,13H2,2-5H3. The second kappa shape index (κ2) is 5.84. The van der Waals surface area contributed by atoms with Crippen LogP contribution in [0, 0.1) is 6.92 Å². The van der Waals surface area contributed by atoms with Crippen LogP contribution in [0.3, 0.4) is 0 Å². The largest absolute Gasteiger partial charge is 0.489 e. The maximum Gasteiger partial charge on any atom is 0.122 e. The van der Waals surface area contributed by atoms with Crippen molar-refractivity contribution in [2.75, 3.05) is 6.61 Å². The number of hydrogen-bond donors (Lipinski definition) is 0. The van der Waals surface area contributed by atoms with Crippen molar-refractivity contribution in [1.82, 2.24) is 0 Å². The minimum Gasteiger partial charge on any atom is -0.489 e. The van der Waals surface area contributed by atoms with E-state index in [1.165, 1.54) is 16.3 Å². The van der Waals surface area contributed by atoms with Crippen molar-refractivity contribution >= 4 is 13.3 Å². The normalized spacial score (nSPS) is 14.8. The molecule has 1 aliphatic rings. The van der Waals surface area contributed by atoms with E-state index in [9.17, 15) is 0 Å². The van der Waals surface area contributed by atoms with E-state index in [-0.39, 0.29) is 0 Å². The lowest BCUT2D eigenvalue weighted by Gasteiger charge is -2.29. The predicted octanol–water partition coefficient (Wildman–Crippen LogP) is 4.29. The van der Waals surface area contributed by atoms with Gasteiger partial charge in [0.1, 0.15) is 20.4 Å². The monoisotopic (exact) mass is 284 g/mol. The van der Waals surface area contributed by atoms with E-state index in [2.05, 4.69) is 63.9 Å². The van der Waals surface area contributed by atoms with Gasteiger partial charge in [-0.1, -0.05) is 66.9 Å². The van der Waals surface area contributed by atoms with E-state index >= 15 is 0 Å². The number of aryl methyl sites for hydroxylation is 1. The van der Waals surface area contributed by atoms with Crippen molar-refractivity contribution in [2.24, 2.45) is 0 Å². The molecule has 0 heterocycles. The SMILES string of the molecule is C=CCOc1c(C)cccc1[Si](C)(C)C1=C(C)C=CC1. The first-order valence-corrected chi connectivity index (χ1v) is 10.2. The fourth-order valence-electron chi connectivity index (χ4n) is 3.00. The molecular formula is C18H24OSi. The summed E-state index contributed by atoms with van der Waals surface area (Å²) in [5.41, 5.74) is 2.66. The van der Waals surface area contributed by atoms with Crippen molar-refractivity contribution in [2.45, 2.75) is 33.4 Å². The first-order chi connectivity index (χ1) is 9.48. The van der Waals surface area contributed by atoms with Gasteiger partial charge in [0.05, 0.1) is 0 Å². The Morgan fingerprint density at radius 3 is 2.65 bits per heavy atom. The summed E-state index contributed by atoms with van der Waals surface area (Å²) in [6.07, 6.45) is 7.44. The molecular weight excluding hydrogens is 260 g/mol. The average Bonchev–Trinajstić information content (AvgIpc) is 2.84. The van der Waals surface area contributed by atoms with Gasteiger partial charge in [0.15, 0.2) is 0 Å². The average molecular weight is 284 g/mol. The minimum absolute atomic E-state index is 0.568. The van der Waals surface area contributed by atoms with Crippen LogP contribution in [-0.4, -0.2) is 14.7 Å². The molecule has 0 radical (unpaired) electrons. The summed E-state index contributed by atoms with van der Waals surface area (Å²) >= 11 is 0. The van der Waals surface area contributed by atoms with Gasteiger partial charge in [-0.15, -0.1) is 0 Å². The Labute approximate surface area is 123 Å². The Morgan fingerprint density at radius 1 is 1.30 bits per heavy atom. The van der Waals surface area contributed by atoms with E-state index in [4.69, 9.17) is 4.74 Å². The summed E-state index contributed by atoms with van der Waals surface area (Å²) in [7, 11) is -1.68. The highest BCUT2D eigenvalue weighted by molar-refractivity contribution is 6.96. The molecule has 0 aromatic heterocycles. The van der Waals surface area contributed by atoms with Crippen molar-refractivity contribution in [3.8, 4) is 5.75 Å². The number of benzene rings is 1. The molecule has 0 fully saturated rings. The number of ether oxygens (including phenoxy) is 1. The number of para-hydroxylation sites is 1.